The van der Waals surface area contributed by atoms with Gasteiger partial charge in [0.1, 0.15) is 0 Å². The quantitative estimate of drug-likeness (QED) is 0.521. The fraction of sp³-hybridized carbons (Fsp3) is 0.136. The van der Waals surface area contributed by atoms with Crippen LogP contribution in [0.2, 0.25) is 0 Å². The molecule has 5 nitrogen and oxygen atoms in total. The van der Waals surface area contributed by atoms with Gasteiger partial charge in [0, 0.05) is 29.7 Å². The van der Waals surface area contributed by atoms with Gasteiger partial charge in [-0.15, -0.1) is 0 Å². The van der Waals surface area contributed by atoms with Gasteiger partial charge in [-0.25, -0.2) is 0 Å². The number of nitro groups is 1. The van der Waals surface area contributed by atoms with Gasteiger partial charge in [-0.05, 0) is 24.1 Å². The number of amides is 1. The summed E-state index contributed by atoms with van der Waals surface area (Å²) in [7, 11) is 0. The average molecular weight is 360 g/mol. The van der Waals surface area contributed by atoms with E-state index in [1.54, 1.807) is 13.0 Å². The molecule has 27 heavy (non-hydrogen) atoms. The first-order valence-corrected chi connectivity index (χ1v) is 8.70. The summed E-state index contributed by atoms with van der Waals surface area (Å²) >= 11 is 0. The third kappa shape index (κ3) is 4.20. The van der Waals surface area contributed by atoms with Gasteiger partial charge < -0.3 is 5.32 Å². The van der Waals surface area contributed by atoms with E-state index in [2.05, 4.69) is 5.32 Å². The molecule has 3 rings (SSSR count). The number of carbonyl (C=O) groups is 1. The Morgan fingerprint density at radius 3 is 2.00 bits per heavy atom. The molecule has 1 amide bonds. The van der Waals surface area contributed by atoms with Crippen LogP contribution in [0.5, 0.6) is 0 Å². The van der Waals surface area contributed by atoms with Crippen molar-refractivity contribution in [3.63, 3.8) is 0 Å². The van der Waals surface area contributed by atoms with E-state index in [-0.39, 0.29) is 17.5 Å². The Balaban J connectivity index is 1.83. The van der Waals surface area contributed by atoms with Crippen LogP contribution < -0.4 is 5.32 Å². The molecule has 0 aliphatic heterocycles. The third-order valence-corrected chi connectivity index (χ3v) is 4.62. The molecule has 0 unspecified atom stereocenters. The molecule has 0 fully saturated rings. The Bertz CT molecular complexity index is 901. The van der Waals surface area contributed by atoms with Crippen LogP contribution in [0.25, 0.3) is 0 Å². The molecule has 0 saturated carbocycles. The lowest BCUT2D eigenvalue weighted by atomic mass is 9.91. The molecule has 0 aliphatic carbocycles. The van der Waals surface area contributed by atoms with Crippen LogP contribution in [-0.4, -0.2) is 17.4 Å². The van der Waals surface area contributed by atoms with E-state index in [4.69, 9.17) is 0 Å². The fourth-order valence-corrected chi connectivity index (χ4v) is 3.16. The summed E-state index contributed by atoms with van der Waals surface area (Å²) < 4.78 is 0. The first-order valence-electron chi connectivity index (χ1n) is 8.70. The highest BCUT2D eigenvalue weighted by molar-refractivity contribution is 5.96. The van der Waals surface area contributed by atoms with Gasteiger partial charge in [0.05, 0.1) is 4.92 Å². The van der Waals surface area contributed by atoms with E-state index < -0.39 is 4.92 Å². The van der Waals surface area contributed by atoms with E-state index in [1.165, 1.54) is 12.1 Å². The van der Waals surface area contributed by atoms with Crippen LogP contribution in [0.4, 0.5) is 5.69 Å². The Morgan fingerprint density at radius 2 is 1.48 bits per heavy atom. The number of nitrogens with one attached hydrogen (secondary N) is 1. The molecule has 0 radical (unpaired) electrons. The first kappa shape index (κ1) is 18.3. The molecule has 3 aromatic rings. The topological polar surface area (TPSA) is 72.2 Å². The lowest BCUT2D eigenvalue weighted by Gasteiger charge is -2.19. The zero-order valence-corrected chi connectivity index (χ0v) is 15.0. The van der Waals surface area contributed by atoms with E-state index >= 15 is 0 Å². The molecule has 5 heteroatoms. The maximum absolute atomic E-state index is 12.7. The smallest absolute Gasteiger partial charge is 0.273 e. The predicted molar refractivity (Wildman–Crippen MR) is 105 cm³/mol. The number of nitrogens with zero attached hydrogens (tertiary/aromatic N) is 1. The molecular weight excluding hydrogens is 340 g/mol. The van der Waals surface area contributed by atoms with Crippen molar-refractivity contribution in [2.45, 2.75) is 12.8 Å². The highest BCUT2D eigenvalue weighted by Crippen LogP contribution is 2.25. The van der Waals surface area contributed by atoms with Gasteiger partial charge in [0.2, 0.25) is 0 Å². The van der Waals surface area contributed by atoms with Gasteiger partial charge in [-0.1, -0.05) is 66.7 Å². The number of rotatable bonds is 6. The average Bonchev–Trinajstić information content (AvgIpc) is 2.69. The van der Waals surface area contributed by atoms with Crippen LogP contribution in [0.15, 0.2) is 78.9 Å². The molecule has 136 valence electrons. The summed E-state index contributed by atoms with van der Waals surface area (Å²) in [5, 5.41) is 14.0. The minimum atomic E-state index is -0.469. The molecule has 1 N–H and O–H groups in total. The predicted octanol–water partition coefficient (Wildman–Crippen LogP) is 4.47. The molecule has 3 aromatic carbocycles. The second kappa shape index (κ2) is 8.27. The molecule has 0 heterocycles. The van der Waals surface area contributed by atoms with E-state index in [9.17, 15) is 14.9 Å². The van der Waals surface area contributed by atoms with Crippen LogP contribution in [-0.2, 0) is 0 Å². The lowest BCUT2D eigenvalue weighted by Crippen LogP contribution is -2.29. The summed E-state index contributed by atoms with van der Waals surface area (Å²) in [4.78, 5) is 23.3. The maximum atomic E-state index is 12.7. The number of nitro benzene ring substituents is 1. The number of carbonyl (C=O) groups excluding carboxylic acids is 1. The van der Waals surface area contributed by atoms with Crippen molar-refractivity contribution in [2.24, 2.45) is 0 Å². The van der Waals surface area contributed by atoms with Crippen molar-refractivity contribution in [1.82, 2.24) is 5.32 Å². The minimum Gasteiger partial charge on any atom is -0.351 e. The number of hydrogen-bond donors (Lipinski definition) is 1. The van der Waals surface area contributed by atoms with Gasteiger partial charge in [0.15, 0.2) is 0 Å². The van der Waals surface area contributed by atoms with E-state index in [1.807, 2.05) is 60.7 Å². The summed E-state index contributed by atoms with van der Waals surface area (Å²) in [6.45, 7) is 1.99. The van der Waals surface area contributed by atoms with Crippen molar-refractivity contribution in [2.75, 3.05) is 6.54 Å². The van der Waals surface area contributed by atoms with Gasteiger partial charge in [-0.3, -0.25) is 14.9 Å². The van der Waals surface area contributed by atoms with Crippen LogP contribution >= 0.6 is 0 Å². The molecule has 0 atom stereocenters. The maximum Gasteiger partial charge on any atom is 0.273 e. The molecule has 0 aliphatic rings. The molecule has 0 aromatic heterocycles. The largest absolute Gasteiger partial charge is 0.351 e. The Morgan fingerprint density at radius 1 is 0.926 bits per heavy atom. The van der Waals surface area contributed by atoms with Gasteiger partial charge in [-0.2, -0.15) is 0 Å². The Labute approximate surface area is 157 Å². The fourth-order valence-electron chi connectivity index (χ4n) is 3.16. The van der Waals surface area contributed by atoms with Gasteiger partial charge >= 0.3 is 0 Å². The normalized spacial score (nSPS) is 10.6. The summed E-state index contributed by atoms with van der Waals surface area (Å²) in [5.74, 6) is -0.316. The van der Waals surface area contributed by atoms with Crippen molar-refractivity contribution in [1.29, 1.82) is 0 Å². The Hall–Kier alpha value is -3.47. The summed E-state index contributed by atoms with van der Waals surface area (Å²) in [6.07, 6.45) is 0. The second-order valence-corrected chi connectivity index (χ2v) is 6.29. The minimum absolute atomic E-state index is 0.00430. The monoisotopic (exact) mass is 360 g/mol. The third-order valence-electron chi connectivity index (χ3n) is 4.62. The van der Waals surface area contributed by atoms with Gasteiger partial charge in [0.25, 0.3) is 11.6 Å². The number of hydrogen-bond acceptors (Lipinski definition) is 3. The van der Waals surface area contributed by atoms with E-state index in [0.29, 0.717) is 17.7 Å². The number of benzene rings is 3. The lowest BCUT2D eigenvalue weighted by molar-refractivity contribution is -0.385. The van der Waals surface area contributed by atoms with Crippen molar-refractivity contribution >= 4 is 11.6 Å². The first-order chi connectivity index (χ1) is 13.1. The molecular formula is C22H20N2O3. The highest BCUT2D eigenvalue weighted by atomic mass is 16.6. The second-order valence-electron chi connectivity index (χ2n) is 6.29. The zero-order valence-electron chi connectivity index (χ0n) is 15.0. The Kier molecular flexibility index (Phi) is 5.61. The van der Waals surface area contributed by atoms with Crippen LogP contribution in [0.3, 0.4) is 0 Å². The summed E-state index contributed by atoms with van der Waals surface area (Å²) in [5.41, 5.74) is 2.84. The van der Waals surface area contributed by atoms with Crippen molar-refractivity contribution in [3.05, 3.63) is 111 Å². The van der Waals surface area contributed by atoms with E-state index in [0.717, 1.165) is 11.1 Å². The summed E-state index contributed by atoms with van der Waals surface area (Å²) in [6, 6.07) is 24.5. The standard InChI is InChI=1S/C22H20N2O3/c1-16-19(13-8-14-21(16)24(26)27)22(25)23-15-20(17-9-4-2-5-10-17)18-11-6-3-7-12-18/h2-14,20H,15H2,1H3,(H,23,25). The molecule has 0 saturated heterocycles. The molecule has 0 spiro atoms. The highest BCUT2D eigenvalue weighted by Gasteiger charge is 2.20. The SMILES string of the molecule is Cc1c(C(=O)NCC(c2ccccc2)c2ccccc2)cccc1[N+](=O)[O-]. The van der Waals surface area contributed by atoms with Crippen LogP contribution in [0.1, 0.15) is 33.0 Å². The van der Waals surface area contributed by atoms with Crippen LogP contribution in [0, 0.1) is 17.0 Å². The molecule has 0 bridgehead atoms. The van der Waals surface area contributed by atoms with Crippen molar-refractivity contribution < 1.29 is 9.72 Å². The van der Waals surface area contributed by atoms with Crippen molar-refractivity contribution in [3.8, 4) is 0 Å². The zero-order chi connectivity index (χ0) is 19.2.